The summed E-state index contributed by atoms with van der Waals surface area (Å²) in [4.78, 5) is 34.6. The summed E-state index contributed by atoms with van der Waals surface area (Å²) in [5, 5.41) is 17.4. The fourth-order valence-electron chi connectivity index (χ4n) is 2.93. The van der Waals surface area contributed by atoms with Crippen molar-refractivity contribution in [2.75, 3.05) is 26.1 Å². The van der Waals surface area contributed by atoms with Crippen molar-refractivity contribution in [3.05, 3.63) is 86.9 Å². The fourth-order valence-corrected chi connectivity index (χ4v) is 3.20. The van der Waals surface area contributed by atoms with E-state index in [4.69, 9.17) is 25.8 Å². The Morgan fingerprint density at radius 3 is 2.36 bits per heavy atom. The highest BCUT2D eigenvalue weighted by Crippen LogP contribution is 2.36. The molecule has 3 aromatic rings. The Morgan fingerprint density at radius 1 is 1.06 bits per heavy atom. The third kappa shape index (κ3) is 6.93. The Kier molecular flexibility index (Phi) is 8.79. The van der Waals surface area contributed by atoms with Crippen molar-refractivity contribution >= 4 is 41.0 Å². The molecule has 3 aromatic carbocycles. The summed E-state index contributed by atoms with van der Waals surface area (Å²) in [7, 11) is 2.96. The number of anilines is 1. The Balaban J connectivity index is 1.60. The highest BCUT2D eigenvalue weighted by Gasteiger charge is 2.14. The molecule has 0 bridgehead atoms. The first-order valence-electron chi connectivity index (χ1n) is 10.3. The molecule has 0 aromatic heterocycles. The van der Waals surface area contributed by atoms with Crippen LogP contribution in [0.5, 0.6) is 17.2 Å². The van der Waals surface area contributed by atoms with Gasteiger partial charge in [0.25, 0.3) is 17.5 Å². The number of nitrogens with zero attached hydrogens (tertiary/aromatic N) is 2. The van der Waals surface area contributed by atoms with Gasteiger partial charge in [-0.2, -0.15) is 5.10 Å². The summed E-state index contributed by atoms with van der Waals surface area (Å²) in [5.41, 5.74) is 3.45. The zero-order valence-corrected chi connectivity index (χ0v) is 19.9. The normalized spacial score (nSPS) is 10.5. The van der Waals surface area contributed by atoms with Crippen molar-refractivity contribution in [3.63, 3.8) is 0 Å². The molecule has 2 amide bonds. The summed E-state index contributed by atoms with van der Waals surface area (Å²) in [6, 6.07) is 15.0. The van der Waals surface area contributed by atoms with Crippen molar-refractivity contribution in [2.24, 2.45) is 5.10 Å². The van der Waals surface area contributed by atoms with E-state index < -0.39 is 16.7 Å². The van der Waals surface area contributed by atoms with Gasteiger partial charge in [-0.05, 0) is 54.1 Å². The molecule has 0 unspecified atom stereocenters. The maximum Gasteiger partial charge on any atom is 0.271 e. The molecule has 0 aliphatic heterocycles. The molecule has 2 N–H and O–H groups in total. The molecular formula is C24H21ClN4O7. The van der Waals surface area contributed by atoms with Gasteiger partial charge < -0.3 is 19.5 Å². The van der Waals surface area contributed by atoms with Crippen LogP contribution in [-0.4, -0.2) is 43.8 Å². The lowest BCUT2D eigenvalue weighted by Crippen LogP contribution is -2.20. The summed E-state index contributed by atoms with van der Waals surface area (Å²) in [6.07, 6.45) is 1.33. The number of nitro benzene ring substituents is 1. The van der Waals surface area contributed by atoms with E-state index in [9.17, 15) is 19.7 Å². The molecule has 12 heteroatoms. The minimum Gasteiger partial charge on any atom is -0.497 e. The summed E-state index contributed by atoms with van der Waals surface area (Å²) >= 11 is 6.31. The second kappa shape index (κ2) is 12.2. The van der Waals surface area contributed by atoms with Crippen LogP contribution in [0.15, 0.2) is 65.8 Å². The van der Waals surface area contributed by atoms with Gasteiger partial charge in [0.2, 0.25) is 0 Å². The number of rotatable bonds is 10. The standard InChI is InChI=1S/C24H21ClN4O7/c1-34-19-9-5-17(6-10-19)27-22(30)14-36-23-20(25)11-15(12-21(23)35-2)13-26-28-24(31)16-3-7-18(8-4-16)29(32)33/h3-13H,14H2,1-2H3,(H,27,30)(H,28,31)/b26-13+. The van der Waals surface area contributed by atoms with Crippen LogP contribution in [0, 0.1) is 10.1 Å². The summed E-state index contributed by atoms with van der Waals surface area (Å²) < 4.78 is 16.0. The zero-order chi connectivity index (χ0) is 26.1. The van der Waals surface area contributed by atoms with Crippen LogP contribution in [-0.2, 0) is 4.79 Å². The van der Waals surface area contributed by atoms with Crippen molar-refractivity contribution in [1.82, 2.24) is 5.43 Å². The van der Waals surface area contributed by atoms with Gasteiger partial charge in [0.1, 0.15) is 5.75 Å². The maximum absolute atomic E-state index is 12.2. The average Bonchev–Trinajstić information content (AvgIpc) is 2.88. The number of methoxy groups -OCH3 is 2. The van der Waals surface area contributed by atoms with Gasteiger partial charge in [-0.3, -0.25) is 19.7 Å². The number of carbonyl (C=O) groups is 2. The van der Waals surface area contributed by atoms with Gasteiger partial charge in [0, 0.05) is 23.4 Å². The second-order valence-corrected chi connectivity index (χ2v) is 7.51. The molecule has 186 valence electrons. The summed E-state index contributed by atoms with van der Waals surface area (Å²) in [6.45, 7) is -0.319. The van der Waals surface area contributed by atoms with E-state index in [1.807, 2.05) is 0 Å². The van der Waals surface area contributed by atoms with Crippen LogP contribution in [0.4, 0.5) is 11.4 Å². The van der Waals surface area contributed by atoms with Crippen LogP contribution >= 0.6 is 11.6 Å². The monoisotopic (exact) mass is 512 g/mol. The Hall–Kier alpha value is -4.64. The van der Waals surface area contributed by atoms with Gasteiger partial charge in [-0.15, -0.1) is 0 Å². The molecule has 11 nitrogen and oxygen atoms in total. The third-order valence-electron chi connectivity index (χ3n) is 4.69. The van der Waals surface area contributed by atoms with E-state index >= 15 is 0 Å². The lowest BCUT2D eigenvalue weighted by molar-refractivity contribution is -0.384. The number of halogens is 1. The number of hydrogen-bond donors (Lipinski definition) is 2. The van der Waals surface area contributed by atoms with Crippen molar-refractivity contribution in [2.45, 2.75) is 0 Å². The topological polar surface area (TPSA) is 141 Å². The number of nitrogens with one attached hydrogen (secondary N) is 2. The van der Waals surface area contributed by atoms with Crippen LogP contribution in [0.1, 0.15) is 15.9 Å². The first-order chi connectivity index (χ1) is 17.3. The number of benzene rings is 3. The average molecular weight is 513 g/mol. The van der Waals surface area contributed by atoms with Crippen molar-refractivity contribution in [1.29, 1.82) is 0 Å². The molecule has 0 heterocycles. The Morgan fingerprint density at radius 2 is 1.75 bits per heavy atom. The number of amides is 2. The predicted octanol–water partition coefficient (Wildman–Crippen LogP) is 4.05. The van der Waals surface area contributed by atoms with E-state index in [2.05, 4.69) is 15.8 Å². The molecule has 0 saturated heterocycles. The molecule has 0 aliphatic rings. The molecule has 3 rings (SSSR count). The lowest BCUT2D eigenvalue weighted by Gasteiger charge is -2.13. The number of hydrogen-bond acceptors (Lipinski definition) is 8. The van der Waals surface area contributed by atoms with E-state index in [0.717, 1.165) is 0 Å². The highest BCUT2D eigenvalue weighted by atomic mass is 35.5. The van der Waals surface area contributed by atoms with Gasteiger partial charge >= 0.3 is 0 Å². The minimum atomic E-state index is -0.558. The van der Waals surface area contributed by atoms with Gasteiger partial charge in [0.05, 0.1) is 30.4 Å². The molecule has 0 saturated carbocycles. The van der Waals surface area contributed by atoms with Crippen LogP contribution < -0.4 is 25.0 Å². The number of ether oxygens (including phenoxy) is 3. The summed E-state index contributed by atoms with van der Waals surface area (Å²) in [5.74, 6) is 0.120. The van der Waals surface area contributed by atoms with Gasteiger partial charge in [-0.25, -0.2) is 5.43 Å². The second-order valence-electron chi connectivity index (χ2n) is 7.10. The van der Waals surface area contributed by atoms with E-state index in [0.29, 0.717) is 17.0 Å². The molecule has 0 aliphatic carbocycles. The number of nitro groups is 1. The molecule has 0 radical (unpaired) electrons. The highest BCUT2D eigenvalue weighted by molar-refractivity contribution is 6.32. The van der Waals surface area contributed by atoms with E-state index in [1.165, 1.54) is 43.7 Å². The van der Waals surface area contributed by atoms with Gasteiger partial charge in [-0.1, -0.05) is 11.6 Å². The van der Waals surface area contributed by atoms with E-state index in [1.54, 1.807) is 37.4 Å². The first-order valence-corrected chi connectivity index (χ1v) is 10.7. The predicted molar refractivity (Wildman–Crippen MR) is 133 cm³/mol. The number of non-ortho nitro benzene ring substituents is 1. The smallest absolute Gasteiger partial charge is 0.271 e. The Labute approximate surface area is 210 Å². The zero-order valence-electron chi connectivity index (χ0n) is 19.2. The molecule has 0 atom stereocenters. The Bertz CT molecular complexity index is 1280. The molecule has 0 fully saturated rings. The maximum atomic E-state index is 12.2. The largest absolute Gasteiger partial charge is 0.497 e. The first kappa shape index (κ1) is 26.0. The van der Waals surface area contributed by atoms with Crippen molar-refractivity contribution < 1.29 is 28.7 Å². The third-order valence-corrected chi connectivity index (χ3v) is 4.97. The van der Waals surface area contributed by atoms with E-state index in [-0.39, 0.29) is 34.4 Å². The molecule has 0 spiro atoms. The minimum absolute atomic E-state index is 0.127. The van der Waals surface area contributed by atoms with Crippen LogP contribution in [0.25, 0.3) is 0 Å². The molecular weight excluding hydrogens is 492 g/mol. The SMILES string of the molecule is COc1ccc(NC(=O)COc2c(Cl)cc(/C=N/NC(=O)c3ccc([N+](=O)[O-])cc3)cc2OC)cc1. The van der Waals surface area contributed by atoms with Crippen LogP contribution in [0.3, 0.4) is 0 Å². The van der Waals surface area contributed by atoms with Crippen molar-refractivity contribution in [3.8, 4) is 17.2 Å². The number of carbonyl (C=O) groups excluding carboxylic acids is 2. The quantitative estimate of drug-likeness (QED) is 0.237. The lowest BCUT2D eigenvalue weighted by atomic mass is 10.2. The van der Waals surface area contributed by atoms with Crippen LogP contribution in [0.2, 0.25) is 5.02 Å². The fraction of sp³-hybridized carbons (Fsp3) is 0.125. The molecule has 36 heavy (non-hydrogen) atoms. The van der Waals surface area contributed by atoms with Gasteiger partial charge in [0.15, 0.2) is 18.1 Å². The number of hydrazone groups is 1.